The molecular weight excluding hydrogens is 214 g/mol. The summed E-state index contributed by atoms with van der Waals surface area (Å²) in [7, 11) is 1.68. The van der Waals surface area contributed by atoms with Gasteiger partial charge in [-0.3, -0.25) is 0 Å². The fraction of sp³-hybridized carbons (Fsp3) is 0.571. The smallest absolute Gasteiger partial charge is 0.0846 e. The lowest BCUT2D eigenvalue weighted by molar-refractivity contribution is 0.0105. The molecule has 1 aromatic rings. The van der Waals surface area contributed by atoms with Gasteiger partial charge in [-0.05, 0) is 30.9 Å². The van der Waals surface area contributed by atoms with E-state index in [4.69, 9.17) is 15.2 Å². The number of rotatable bonds is 4. The molecule has 2 unspecified atom stereocenters. The van der Waals surface area contributed by atoms with Gasteiger partial charge in [0.05, 0.1) is 19.3 Å². The Morgan fingerprint density at radius 2 is 2.24 bits per heavy atom. The number of ether oxygens (including phenoxy) is 2. The molecule has 0 spiro atoms. The molecule has 1 aliphatic rings. The summed E-state index contributed by atoms with van der Waals surface area (Å²) >= 11 is 0. The van der Waals surface area contributed by atoms with Crippen molar-refractivity contribution < 1.29 is 9.47 Å². The van der Waals surface area contributed by atoms with Gasteiger partial charge in [0.2, 0.25) is 0 Å². The van der Waals surface area contributed by atoms with Crippen molar-refractivity contribution in [3.8, 4) is 0 Å². The minimum Gasteiger partial charge on any atom is -0.383 e. The van der Waals surface area contributed by atoms with Crippen LogP contribution < -0.4 is 5.73 Å². The Balaban J connectivity index is 2.13. The van der Waals surface area contributed by atoms with E-state index in [0.29, 0.717) is 6.61 Å². The molecule has 3 nitrogen and oxygen atoms in total. The first-order valence-corrected chi connectivity index (χ1v) is 6.09. The summed E-state index contributed by atoms with van der Waals surface area (Å²) < 4.78 is 11.0. The third kappa shape index (κ3) is 3.06. The van der Waals surface area contributed by atoms with E-state index in [2.05, 4.69) is 24.3 Å². The SMILES string of the molecule is COCC(C)(N)CC1OCCc2ccccc21. The van der Waals surface area contributed by atoms with E-state index in [1.54, 1.807) is 7.11 Å². The second-order valence-corrected chi connectivity index (χ2v) is 5.10. The van der Waals surface area contributed by atoms with Gasteiger partial charge in [-0.1, -0.05) is 24.3 Å². The molecule has 1 heterocycles. The van der Waals surface area contributed by atoms with Crippen molar-refractivity contribution in [3.05, 3.63) is 35.4 Å². The van der Waals surface area contributed by atoms with Gasteiger partial charge >= 0.3 is 0 Å². The number of nitrogens with two attached hydrogens (primary N) is 1. The first-order valence-electron chi connectivity index (χ1n) is 6.09. The molecular formula is C14H21NO2. The van der Waals surface area contributed by atoms with Gasteiger partial charge in [0.1, 0.15) is 0 Å². The predicted octanol–water partition coefficient (Wildman–Crippen LogP) is 2.05. The highest BCUT2D eigenvalue weighted by atomic mass is 16.5. The standard InChI is InChI=1S/C14H21NO2/c1-14(15,10-16-2)9-13-12-6-4-3-5-11(12)7-8-17-13/h3-6,13H,7-10,15H2,1-2H3. The summed E-state index contributed by atoms with van der Waals surface area (Å²) in [6.45, 7) is 3.34. The Kier molecular flexibility index (Phi) is 3.82. The zero-order chi connectivity index (χ0) is 12.3. The first kappa shape index (κ1) is 12.6. The van der Waals surface area contributed by atoms with Crippen molar-refractivity contribution in [2.45, 2.75) is 31.4 Å². The predicted molar refractivity (Wildman–Crippen MR) is 67.9 cm³/mol. The van der Waals surface area contributed by atoms with Crippen molar-refractivity contribution >= 4 is 0 Å². The van der Waals surface area contributed by atoms with Crippen LogP contribution in [0.1, 0.15) is 30.6 Å². The van der Waals surface area contributed by atoms with E-state index in [1.807, 2.05) is 6.92 Å². The molecule has 2 N–H and O–H groups in total. The second kappa shape index (κ2) is 5.17. The van der Waals surface area contributed by atoms with Crippen LogP contribution in [0.3, 0.4) is 0 Å². The number of hydrogen-bond acceptors (Lipinski definition) is 3. The zero-order valence-electron chi connectivity index (χ0n) is 10.6. The molecule has 2 rings (SSSR count). The van der Waals surface area contributed by atoms with Crippen LogP contribution in [0, 0.1) is 0 Å². The van der Waals surface area contributed by atoms with Gasteiger partial charge in [-0.15, -0.1) is 0 Å². The normalized spacial score (nSPS) is 22.9. The third-order valence-electron chi connectivity index (χ3n) is 3.22. The highest BCUT2D eigenvalue weighted by Crippen LogP contribution is 2.32. The Bertz CT molecular complexity index is 376. The molecule has 0 saturated heterocycles. The molecule has 0 bridgehead atoms. The number of hydrogen-bond donors (Lipinski definition) is 1. The lowest BCUT2D eigenvalue weighted by Gasteiger charge is -2.32. The summed E-state index contributed by atoms with van der Waals surface area (Å²) in [4.78, 5) is 0. The van der Waals surface area contributed by atoms with Crippen molar-refractivity contribution in [1.82, 2.24) is 0 Å². The van der Waals surface area contributed by atoms with Gasteiger partial charge in [0.25, 0.3) is 0 Å². The molecule has 1 aromatic carbocycles. The number of benzene rings is 1. The number of methoxy groups -OCH3 is 1. The fourth-order valence-electron chi connectivity index (χ4n) is 2.46. The highest BCUT2D eigenvalue weighted by Gasteiger charge is 2.28. The lowest BCUT2D eigenvalue weighted by Crippen LogP contribution is -2.43. The van der Waals surface area contributed by atoms with E-state index >= 15 is 0 Å². The molecule has 0 amide bonds. The maximum absolute atomic E-state index is 6.21. The Labute approximate surface area is 103 Å². The monoisotopic (exact) mass is 235 g/mol. The van der Waals surface area contributed by atoms with Crippen LogP contribution in [0.5, 0.6) is 0 Å². The molecule has 94 valence electrons. The molecule has 0 aliphatic carbocycles. The summed E-state index contributed by atoms with van der Waals surface area (Å²) in [5.41, 5.74) is 8.54. The van der Waals surface area contributed by atoms with E-state index in [-0.39, 0.29) is 11.6 Å². The highest BCUT2D eigenvalue weighted by molar-refractivity contribution is 5.31. The molecule has 0 fully saturated rings. The van der Waals surface area contributed by atoms with Gasteiger partial charge in [0, 0.05) is 12.6 Å². The minimum absolute atomic E-state index is 0.102. The quantitative estimate of drug-likeness (QED) is 0.868. The van der Waals surface area contributed by atoms with Crippen LogP contribution >= 0.6 is 0 Å². The lowest BCUT2D eigenvalue weighted by atomic mass is 9.88. The van der Waals surface area contributed by atoms with Crippen LogP contribution in [-0.2, 0) is 15.9 Å². The molecule has 2 atom stereocenters. The van der Waals surface area contributed by atoms with Crippen LogP contribution in [-0.4, -0.2) is 25.9 Å². The topological polar surface area (TPSA) is 44.5 Å². The molecule has 1 aliphatic heterocycles. The van der Waals surface area contributed by atoms with Crippen LogP contribution in [0.2, 0.25) is 0 Å². The Morgan fingerprint density at radius 1 is 1.47 bits per heavy atom. The summed E-state index contributed by atoms with van der Waals surface area (Å²) in [6, 6.07) is 8.46. The molecule has 17 heavy (non-hydrogen) atoms. The third-order valence-corrected chi connectivity index (χ3v) is 3.22. The summed E-state index contributed by atoms with van der Waals surface area (Å²) in [5.74, 6) is 0. The Hall–Kier alpha value is -0.900. The summed E-state index contributed by atoms with van der Waals surface area (Å²) in [6.07, 6.45) is 1.89. The van der Waals surface area contributed by atoms with E-state index in [0.717, 1.165) is 19.4 Å². The minimum atomic E-state index is -0.343. The largest absolute Gasteiger partial charge is 0.383 e. The molecule has 0 aromatic heterocycles. The number of fused-ring (bicyclic) bond motifs is 1. The average molecular weight is 235 g/mol. The molecule has 3 heteroatoms. The molecule has 0 saturated carbocycles. The Morgan fingerprint density at radius 3 is 3.00 bits per heavy atom. The van der Waals surface area contributed by atoms with Crippen molar-refractivity contribution in [3.63, 3.8) is 0 Å². The van der Waals surface area contributed by atoms with Crippen LogP contribution in [0.15, 0.2) is 24.3 Å². The first-order chi connectivity index (χ1) is 8.12. The van der Waals surface area contributed by atoms with Gasteiger partial charge in [0.15, 0.2) is 0 Å². The van der Waals surface area contributed by atoms with E-state index < -0.39 is 0 Å². The van der Waals surface area contributed by atoms with Crippen LogP contribution in [0.4, 0.5) is 0 Å². The summed E-state index contributed by atoms with van der Waals surface area (Å²) in [5, 5.41) is 0. The average Bonchev–Trinajstić information content (AvgIpc) is 2.29. The van der Waals surface area contributed by atoms with Crippen molar-refractivity contribution in [2.24, 2.45) is 5.73 Å². The van der Waals surface area contributed by atoms with Gasteiger partial charge in [-0.2, -0.15) is 0 Å². The van der Waals surface area contributed by atoms with Crippen molar-refractivity contribution in [2.75, 3.05) is 20.3 Å². The van der Waals surface area contributed by atoms with E-state index in [9.17, 15) is 0 Å². The fourth-order valence-corrected chi connectivity index (χ4v) is 2.46. The van der Waals surface area contributed by atoms with Gasteiger partial charge < -0.3 is 15.2 Å². The second-order valence-electron chi connectivity index (χ2n) is 5.10. The zero-order valence-corrected chi connectivity index (χ0v) is 10.6. The van der Waals surface area contributed by atoms with Crippen LogP contribution in [0.25, 0.3) is 0 Å². The maximum atomic E-state index is 6.21. The van der Waals surface area contributed by atoms with Crippen molar-refractivity contribution in [1.29, 1.82) is 0 Å². The van der Waals surface area contributed by atoms with Gasteiger partial charge in [-0.25, -0.2) is 0 Å². The van der Waals surface area contributed by atoms with E-state index in [1.165, 1.54) is 11.1 Å². The maximum Gasteiger partial charge on any atom is 0.0846 e. The molecule has 0 radical (unpaired) electrons.